The summed E-state index contributed by atoms with van der Waals surface area (Å²) >= 11 is 0. The average molecular weight is 205 g/mol. The number of hydrogen-bond donors (Lipinski definition) is 4. The summed E-state index contributed by atoms with van der Waals surface area (Å²) in [5, 5.41) is 39.6. The van der Waals surface area contributed by atoms with Crippen molar-refractivity contribution in [3.63, 3.8) is 0 Å². The number of hydrogen-bond acceptors (Lipinski definition) is 6. The minimum absolute atomic E-state index is 0.539. The van der Waals surface area contributed by atoms with Crippen molar-refractivity contribution >= 4 is 0 Å². The van der Waals surface area contributed by atoms with E-state index in [1.54, 1.807) is 0 Å². The minimum Gasteiger partial charge on any atom is -0.394 e. The Labute approximate surface area is 79.0 Å². The van der Waals surface area contributed by atoms with Crippen molar-refractivity contribution in [1.29, 1.82) is 0 Å². The molecule has 0 aromatic carbocycles. The van der Waals surface area contributed by atoms with Gasteiger partial charge in [0.25, 0.3) is 0 Å². The van der Waals surface area contributed by atoms with Gasteiger partial charge in [-0.2, -0.15) is 0 Å². The third-order valence-corrected chi connectivity index (χ3v) is 2.03. The van der Waals surface area contributed by atoms with Crippen LogP contribution in [0.3, 0.4) is 0 Å². The van der Waals surface area contributed by atoms with E-state index in [9.17, 15) is 15.3 Å². The van der Waals surface area contributed by atoms with Gasteiger partial charge in [0.2, 0.25) is 0 Å². The number of azide groups is 1. The molecule has 0 aromatic rings. The van der Waals surface area contributed by atoms with Crippen LogP contribution in [0.4, 0.5) is 0 Å². The monoisotopic (exact) mass is 205 g/mol. The quantitative estimate of drug-likeness (QED) is 0.237. The molecule has 0 spiro atoms. The number of aliphatic hydroxyl groups is 4. The molecule has 0 radical (unpaired) electrons. The van der Waals surface area contributed by atoms with E-state index in [2.05, 4.69) is 10.0 Å². The molecule has 1 aliphatic rings. The molecule has 5 atom stereocenters. The molecule has 1 saturated heterocycles. The average Bonchev–Trinajstić information content (AvgIpc) is 2.19. The Bertz CT molecular complexity index is 242. The standard InChI is InChI=1S/C6H11N3O5/c7-9-8-6-5(13)4(12)3(11)2(1-10)14-6/h2-6,10-13H,1H2/t2?,3-,4?,5?,6?/m1/s1. The second kappa shape index (κ2) is 4.56. The molecule has 14 heavy (non-hydrogen) atoms. The topological polar surface area (TPSA) is 139 Å². The van der Waals surface area contributed by atoms with Gasteiger partial charge < -0.3 is 25.2 Å². The van der Waals surface area contributed by atoms with E-state index in [1.807, 2.05) is 0 Å². The Hall–Kier alpha value is -0.890. The van der Waals surface area contributed by atoms with Crippen molar-refractivity contribution in [2.24, 2.45) is 5.11 Å². The summed E-state index contributed by atoms with van der Waals surface area (Å²) in [5.41, 5.74) is 8.11. The number of nitrogens with zero attached hydrogens (tertiary/aromatic N) is 3. The fraction of sp³-hybridized carbons (Fsp3) is 1.00. The van der Waals surface area contributed by atoms with E-state index in [0.29, 0.717) is 0 Å². The van der Waals surface area contributed by atoms with Crippen molar-refractivity contribution in [3.8, 4) is 0 Å². The Morgan fingerprint density at radius 3 is 2.36 bits per heavy atom. The molecule has 0 bridgehead atoms. The molecule has 8 heteroatoms. The molecule has 8 nitrogen and oxygen atoms in total. The summed E-state index contributed by atoms with van der Waals surface area (Å²) in [4.78, 5) is 2.40. The second-order valence-corrected chi connectivity index (χ2v) is 2.92. The zero-order valence-corrected chi connectivity index (χ0v) is 7.13. The summed E-state index contributed by atoms with van der Waals surface area (Å²) in [6.07, 6.45) is -6.76. The lowest BCUT2D eigenvalue weighted by atomic mass is 9.99. The molecule has 1 fully saturated rings. The lowest BCUT2D eigenvalue weighted by molar-refractivity contribution is -0.227. The third kappa shape index (κ3) is 1.95. The zero-order chi connectivity index (χ0) is 10.7. The van der Waals surface area contributed by atoms with E-state index >= 15 is 0 Å². The first-order chi connectivity index (χ1) is 6.61. The fourth-order valence-corrected chi connectivity index (χ4v) is 1.23. The fourth-order valence-electron chi connectivity index (χ4n) is 1.23. The van der Waals surface area contributed by atoms with Crippen molar-refractivity contribution in [2.75, 3.05) is 6.61 Å². The zero-order valence-electron chi connectivity index (χ0n) is 7.13. The molecule has 0 amide bonds. The van der Waals surface area contributed by atoms with Crippen LogP contribution in [0.15, 0.2) is 5.11 Å². The first kappa shape index (κ1) is 11.2. The molecular formula is C6H11N3O5. The van der Waals surface area contributed by atoms with Crippen LogP contribution >= 0.6 is 0 Å². The predicted octanol–water partition coefficient (Wildman–Crippen LogP) is -1.90. The highest BCUT2D eigenvalue weighted by Gasteiger charge is 2.42. The van der Waals surface area contributed by atoms with Gasteiger partial charge in [-0.3, -0.25) is 0 Å². The van der Waals surface area contributed by atoms with Crippen LogP contribution in [0.25, 0.3) is 10.4 Å². The van der Waals surface area contributed by atoms with Crippen LogP contribution in [0.5, 0.6) is 0 Å². The van der Waals surface area contributed by atoms with Crippen LogP contribution in [0, 0.1) is 0 Å². The summed E-state index contributed by atoms with van der Waals surface area (Å²) in [6.45, 7) is -0.539. The summed E-state index contributed by atoms with van der Waals surface area (Å²) in [5.74, 6) is 0. The van der Waals surface area contributed by atoms with Gasteiger partial charge >= 0.3 is 0 Å². The summed E-state index contributed by atoms with van der Waals surface area (Å²) in [7, 11) is 0. The molecule has 80 valence electrons. The molecule has 1 aliphatic heterocycles. The van der Waals surface area contributed by atoms with Gasteiger partial charge in [0, 0.05) is 4.91 Å². The van der Waals surface area contributed by atoms with Crippen molar-refractivity contribution < 1.29 is 25.2 Å². The molecule has 1 heterocycles. The van der Waals surface area contributed by atoms with E-state index < -0.39 is 37.3 Å². The van der Waals surface area contributed by atoms with E-state index in [4.69, 9.17) is 15.4 Å². The highest BCUT2D eigenvalue weighted by molar-refractivity contribution is 4.90. The van der Waals surface area contributed by atoms with Crippen molar-refractivity contribution in [3.05, 3.63) is 10.4 Å². The van der Waals surface area contributed by atoms with Crippen molar-refractivity contribution in [1.82, 2.24) is 0 Å². The van der Waals surface area contributed by atoms with E-state index in [0.717, 1.165) is 0 Å². The summed E-state index contributed by atoms with van der Waals surface area (Å²) in [6, 6.07) is 0. The SMILES string of the molecule is [N-]=[N+]=NC1OC(CO)[C@@H](O)C(O)C1O. The molecule has 4 unspecified atom stereocenters. The Balaban J connectivity index is 2.77. The second-order valence-electron chi connectivity index (χ2n) is 2.92. The number of ether oxygens (including phenoxy) is 1. The summed E-state index contributed by atoms with van der Waals surface area (Å²) < 4.78 is 4.84. The number of rotatable bonds is 2. The highest BCUT2D eigenvalue weighted by atomic mass is 16.6. The van der Waals surface area contributed by atoms with Gasteiger partial charge in [0.05, 0.1) is 6.61 Å². The normalized spacial score (nSPS) is 43.0. The van der Waals surface area contributed by atoms with Gasteiger partial charge in [0.15, 0.2) is 6.23 Å². The minimum atomic E-state index is -1.50. The van der Waals surface area contributed by atoms with Gasteiger partial charge in [-0.15, -0.1) is 0 Å². The lowest BCUT2D eigenvalue weighted by Gasteiger charge is -2.37. The first-order valence-electron chi connectivity index (χ1n) is 3.96. The molecule has 0 aromatic heterocycles. The molecule has 4 N–H and O–H groups in total. The molecule has 0 aliphatic carbocycles. The maximum atomic E-state index is 9.27. The van der Waals surface area contributed by atoms with Crippen LogP contribution in [-0.2, 0) is 4.74 Å². The predicted molar refractivity (Wildman–Crippen MR) is 42.9 cm³/mol. The van der Waals surface area contributed by atoms with Crippen molar-refractivity contribution in [2.45, 2.75) is 30.6 Å². The lowest BCUT2D eigenvalue weighted by Crippen LogP contribution is -2.57. The van der Waals surface area contributed by atoms with Gasteiger partial charge in [0.1, 0.15) is 24.4 Å². The molecule has 1 rings (SSSR count). The van der Waals surface area contributed by atoms with E-state index in [1.165, 1.54) is 0 Å². The third-order valence-electron chi connectivity index (χ3n) is 2.03. The first-order valence-corrected chi connectivity index (χ1v) is 3.96. The Morgan fingerprint density at radius 1 is 1.21 bits per heavy atom. The van der Waals surface area contributed by atoms with Crippen LogP contribution in [0.2, 0.25) is 0 Å². The Kier molecular flexibility index (Phi) is 3.64. The van der Waals surface area contributed by atoms with Crippen LogP contribution < -0.4 is 0 Å². The number of aliphatic hydroxyl groups excluding tert-OH is 4. The maximum absolute atomic E-state index is 9.27. The van der Waals surface area contributed by atoms with Crippen LogP contribution in [-0.4, -0.2) is 57.7 Å². The molecular weight excluding hydrogens is 194 g/mol. The van der Waals surface area contributed by atoms with Gasteiger partial charge in [-0.25, -0.2) is 0 Å². The smallest absolute Gasteiger partial charge is 0.165 e. The largest absolute Gasteiger partial charge is 0.394 e. The Morgan fingerprint density at radius 2 is 1.86 bits per heavy atom. The highest BCUT2D eigenvalue weighted by Crippen LogP contribution is 2.21. The van der Waals surface area contributed by atoms with E-state index in [-0.39, 0.29) is 0 Å². The van der Waals surface area contributed by atoms with Gasteiger partial charge in [-0.1, -0.05) is 5.11 Å². The maximum Gasteiger partial charge on any atom is 0.165 e. The van der Waals surface area contributed by atoms with Crippen LogP contribution in [0.1, 0.15) is 0 Å². The molecule has 0 saturated carbocycles. The van der Waals surface area contributed by atoms with Gasteiger partial charge in [-0.05, 0) is 5.53 Å².